The molecule has 0 radical (unpaired) electrons. The summed E-state index contributed by atoms with van der Waals surface area (Å²) >= 11 is 0. The Morgan fingerprint density at radius 3 is 2.44 bits per heavy atom. The standard InChI is InChI=1S/C13H19NO2/c1-11(2)16-13-6-4-12(5-7-13)10-14(3)8-9-15/h4-7,9,11H,8,10H2,1-3H3. The molecule has 0 spiro atoms. The molecule has 0 aliphatic heterocycles. The van der Waals surface area contributed by atoms with Gasteiger partial charge in [-0.3, -0.25) is 4.90 Å². The molecule has 16 heavy (non-hydrogen) atoms. The van der Waals surface area contributed by atoms with Crippen LogP contribution in [-0.2, 0) is 11.3 Å². The zero-order chi connectivity index (χ0) is 12.0. The molecule has 1 aromatic carbocycles. The average molecular weight is 221 g/mol. The number of likely N-dealkylation sites (N-methyl/N-ethyl adjacent to an activating group) is 1. The number of aldehydes is 1. The number of benzene rings is 1. The second-order valence-corrected chi connectivity index (χ2v) is 4.17. The highest BCUT2D eigenvalue weighted by atomic mass is 16.5. The number of carbonyl (C=O) groups excluding carboxylic acids is 1. The fourth-order valence-electron chi connectivity index (χ4n) is 1.45. The van der Waals surface area contributed by atoms with Crippen molar-refractivity contribution in [3.8, 4) is 5.75 Å². The summed E-state index contributed by atoms with van der Waals surface area (Å²) in [7, 11) is 1.92. The lowest BCUT2D eigenvalue weighted by molar-refractivity contribution is -0.108. The first kappa shape index (κ1) is 12.7. The Kier molecular flexibility index (Phi) is 4.99. The molecule has 0 aliphatic carbocycles. The summed E-state index contributed by atoms with van der Waals surface area (Å²) in [5.41, 5.74) is 1.18. The molecule has 0 N–H and O–H groups in total. The summed E-state index contributed by atoms with van der Waals surface area (Å²) in [5.74, 6) is 0.886. The van der Waals surface area contributed by atoms with Gasteiger partial charge in [-0.2, -0.15) is 0 Å². The van der Waals surface area contributed by atoms with Gasteiger partial charge in [0, 0.05) is 6.54 Å². The molecular formula is C13H19NO2. The second-order valence-electron chi connectivity index (χ2n) is 4.17. The van der Waals surface area contributed by atoms with Crippen LogP contribution in [0.15, 0.2) is 24.3 Å². The van der Waals surface area contributed by atoms with Crippen LogP contribution in [0, 0.1) is 0 Å². The van der Waals surface area contributed by atoms with Gasteiger partial charge in [0.05, 0.1) is 12.6 Å². The molecule has 0 aliphatic rings. The minimum Gasteiger partial charge on any atom is -0.491 e. The molecule has 0 atom stereocenters. The van der Waals surface area contributed by atoms with Crippen LogP contribution in [0.3, 0.4) is 0 Å². The molecule has 1 rings (SSSR count). The van der Waals surface area contributed by atoms with Crippen LogP contribution < -0.4 is 4.74 Å². The van der Waals surface area contributed by atoms with Gasteiger partial charge < -0.3 is 9.53 Å². The topological polar surface area (TPSA) is 29.5 Å². The van der Waals surface area contributed by atoms with Crippen molar-refractivity contribution in [2.75, 3.05) is 13.6 Å². The van der Waals surface area contributed by atoms with Crippen LogP contribution in [0.25, 0.3) is 0 Å². The van der Waals surface area contributed by atoms with Gasteiger partial charge in [0.25, 0.3) is 0 Å². The highest BCUT2D eigenvalue weighted by Gasteiger charge is 2.01. The van der Waals surface area contributed by atoms with Crippen LogP contribution in [0.2, 0.25) is 0 Å². The maximum atomic E-state index is 10.3. The second kappa shape index (κ2) is 6.28. The lowest BCUT2D eigenvalue weighted by Gasteiger charge is -2.14. The Morgan fingerprint density at radius 2 is 1.94 bits per heavy atom. The zero-order valence-electron chi connectivity index (χ0n) is 10.1. The van der Waals surface area contributed by atoms with Crippen molar-refractivity contribution < 1.29 is 9.53 Å². The third-order valence-electron chi connectivity index (χ3n) is 2.13. The fraction of sp³-hybridized carbons (Fsp3) is 0.462. The third kappa shape index (κ3) is 4.45. The first-order valence-corrected chi connectivity index (χ1v) is 5.49. The first-order chi connectivity index (χ1) is 7.61. The number of ether oxygens (including phenoxy) is 1. The minimum atomic E-state index is 0.198. The van der Waals surface area contributed by atoms with Gasteiger partial charge >= 0.3 is 0 Å². The van der Waals surface area contributed by atoms with Crippen molar-refractivity contribution in [3.05, 3.63) is 29.8 Å². The summed E-state index contributed by atoms with van der Waals surface area (Å²) in [6.07, 6.45) is 1.11. The van der Waals surface area contributed by atoms with E-state index in [2.05, 4.69) is 0 Å². The molecule has 0 aromatic heterocycles. The maximum Gasteiger partial charge on any atom is 0.133 e. The predicted molar refractivity (Wildman–Crippen MR) is 64.6 cm³/mol. The van der Waals surface area contributed by atoms with E-state index in [1.54, 1.807) is 0 Å². The van der Waals surface area contributed by atoms with Crippen LogP contribution in [0.5, 0.6) is 5.75 Å². The van der Waals surface area contributed by atoms with Gasteiger partial charge in [-0.05, 0) is 38.6 Å². The summed E-state index contributed by atoms with van der Waals surface area (Å²) in [6, 6.07) is 7.98. The summed E-state index contributed by atoms with van der Waals surface area (Å²) in [4.78, 5) is 12.3. The predicted octanol–water partition coefficient (Wildman–Crippen LogP) is 2.10. The molecular weight excluding hydrogens is 202 g/mol. The van der Waals surface area contributed by atoms with E-state index in [-0.39, 0.29) is 6.10 Å². The number of rotatable bonds is 6. The molecule has 0 unspecified atom stereocenters. The molecule has 0 heterocycles. The molecule has 0 fully saturated rings. The van der Waals surface area contributed by atoms with Gasteiger partial charge in [-0.15, -0.1) is 0 Å². The fourth-order valence-corrected chi connectivity index (χ4v) is 1.45. The zero-order valence-corrected chi connectivity index (χ0v) is 10.1. The van der Waals surface area contributed by atoms with Crippen molar-refractivity contribution in [2.45, 2.75) is 26.5 Å². The van der Waals surface area contributed by atoms with Crippen molar-refractivity contribution in [3.63, 3.8) is 0 Å². The average Bonchev–Trinajstić information content (AvgIpc) is 2.20. The Hall–Kier alpha value is -1.35. The molecule has 3 heteroatoms. The highest BCUT2D eigenvalue weighted by Crippen LogP contribution is 2.14. The van der Waals surface area contributed by atoms with E-state index in [1.165, 1.54) is 5.56 Å². The highest BCUT2D eigenvalue weighted by molar-refractivity contribution is 5.51. The molecule has 1 aromatic rings. The quantitative estimate of drug-likeness (QED) is 0.689. The Bertz CT molecular complexity index is 319. The third-order valence-corrected chi connectivity index (χ3v) is 2.13. The monoisotopic (exact) mass is 221 g/mol. The van der Waals surface area contributed by atoms with Crippen molar-refractivity contribution in [1.29, 1.82) is 0 Å². The number of hydrogen-bond acceptors (Lipinski definition) is 3. The molecule has 88 valence electrons. The van der Waals surface area contributed by atoms with Crippen LogP contribution in [0.4, 0.5) is 0 Å². The summed E-state index contributed by atoms with van der Waals surface area (Å²) in [6.45, 7) is 5.25. The van der Waals surface area contributed by atoms with E-state index < -0.39 is 0 Å². The molecule has 0 saturated carbocycles. The summed E-state index contributed by atoms with van der Waals surface area (Å²) < 4.78 is 5.55. The SMILES string of the molecule is CC(C)Oc1ccc(CN(C)CC=O)cc1. The van der Waals surface area contributed by atoms with Crippen LogP contribution >= 0.6 is 0 Å². The lowest BCUT2D eigenvalue weighted by atomic mass is 10.2. The largest absolute Gasteiger partial charge is 0.491 e. The number of carbonyl (C=O) groups is 1. The Balaban J connectivity index is 2.54. The molecule has 3 nitrogen and oxygen atoms in total. The first-order valence-electron chi connectivity index (χ1n) is 5.49. The molecule has 0 bridgehead atoms. The van der Waals surface area contributed by atoms with Gasteiger partial charge in [0.1, 0.15) is 12.0 Å². The van der Waals surface area contributed by atoms with E-state index in [1.807, 2.05) is 50.1 Å². The van der Waals surface area contributed by atoms with Crippen molar-refractivity contribution in [2.24, 2.45) is 0 Å². The lowest BCUT2D eigenvalue weighted by Crippen LogP contribution is -2.19. The Labute approximate surface area is 97.0 Å². The van der Waals surface area contributed by atoms with Crippen LogP contribution in [-0.4, -0.2) is 30.9 Å². The van der Waals surface area contributed by atoms with Crippen molar-refractivity contribution >= 4 is 6.29 Å². The van der Waals surface area contributed by atoms with E-state index >= 15 is 0 Å². The molecule has 0 saturated heterocycles. The number of nitrogens with zero attached hydrogens (tertiary/aromatic N) is 1. The smallest absolute Gasteiger partial charge is 0.133 e. The minimum absolute atomic E-state index is 0.198. The van der Waals surface area contributed by atoms with Gasteiger partial charge in [0.2, 0.25) is 0 Å². The maximum absolute atomic E-state index is 10.3. The van der Waals surface area contributed by atoms with Gasteiger partial charge in [0.15, 0.2) is 0 Å². The van der Waals surface area contributed by atoms with E-state index in [9.17, 15) is 4.79 Å². The summed E-state index contributed by atoms with van der Waals surface area (Å²) in [5, 5.41) is 0. The van der Waals surface area contributed by atoms with Crippen LogP contribution in [0.1, 0.15) is 19.4 Å². The van der Waals surface area contributed by atoms with Gasteiger partial charge in [-0.1, -0.05) is 12.1 Å². The Morgan fingerprint density at radius 1 is 1.31 bits per heavy atom. The van der Waals surface area contributed by atoms with E-state index in [0.717, 1.165) is 18.6 Å². The van der Waals surface area contributed by atoms with Crippen molar-refractivity contribution in [1.82, 2.24) is 4.90 Å². The normalized spacial score (nSPS) is 10.8. The molecule has 0 amide bonds. The van der Waals surface area contributed by atoms with E-state index in [0.29, 0.717) is 6.54 Å². The number of hydrogen-bond donors (Lipinski definition) is 0. The van der Waals surface area contributed by atoms with Gasteiger partial charge in [-0.25, -0.2) is 0 Å². The van der Waals surface area contributed by atoms with E-state index in [4.69, 9.17) is 4.74 Å².